The van der Waals surface area contributed by atoms with Crippen molar-refractivity contribution in [2.75, 3.05) is 18.4 Å². The van der Waals surface area contributed by atoms with Crippen molar-refractivity contribution in [2.45, 2.75) is 25.1 Å². The summed E-state index contributed by atoms with van der Waals surface area (Å²) < 4.78 is 38.6. The molecule has 1 heterocycles. The van der Waals surface area contributed by atoms with E-state index in [1.807, 2.05) is 0 Å². The van der Waals surface area contributed by atoms with Crippen LogP contribution in [-0.4, -0.2) is 30.1 Å². The molecule has 3 N–H and O–H groups in total. The molecule has 0 spiro atoms. The molecule has 2 amide bonds. The number of piperidine rings is 1. The first kappa shape index (κ1) is 15.9. The number of urea groups is 1. The van der Waals surface area contributed by atoms with Crippen molar-refractivity contribution >= 4 is 27.6 Å². The summed E-state index contributed by atoms with van der Waals surface area (Å²) >= 11 is 3.09. The summed E-state index contributed by atoms with van der Waals surface area (Å²) in [5.74, 6) is 0. The number of amides is 2. The van der Waals surface area contributed by atoms with Crippen LogP contribution in [0.5, 0.6) is 0 Å². The number of carbonyl (C=O) groups excluding carboxylic acids is 1. The Bertz CT molecular complexity index is 528. The highest BCUT2D eigenvalue weighted by atomic mass is 79.9. The average Bonchev–Trinajstić information content (AvgIpc) is 2.37. The van der Waals surface area contributed by atoms with Crippen LogP contribution >= 0.6 is 15.9 Å². The Morgan fingerprint density at radius 1 is 1.29 bits per heavy atom. The molecule has 1 fully saturated rings. The molecular weight excluding hydrogens is 351 g/mol. The van der Waals surface area contributed by atoms with E-state index in [-0.39, 0.29) is 6.04 Å². The second-order valence-corrected chi connectivity index (χ2v) is 5.89. The number of anilines is 1. The van der Waals surface area contributed by atoms with Crippen molar-refractivity contribution < 1.29 is 18.0 Å². The van der Waals surface area contributed by atoms with Crippen LogP contribution in [-0.2, 0) is 6.18 Å². The predicted molar refractivity (Wildman–Crippen MR) is 76.9 cm³/mol. The fraction of sp³-hybridized carbons (Fsp3) is 0.462. The SMILES string of the molecule is NC(=O)N1CCC(Nc2cc(Br)cc(C(F)(F)F)c2)CC1. The van der Waals surface area contributed by atoms with E-state index in [0.717, 1.165) is 12.1 Å². The number of nitrogens with zero attached hydrogens (tertiary/aromatic N) is 1. The van der Waals surface area contributed by atoms with Gasteiger partial charge in [-0.25, -0.2) is 4.79 Å². The summed E-state index contributed by atoms with van der Waals surface area (Å²) in [7, 11) is 0. The molecule has 1 aromatic carbocycles. The Morgan fingerprint density at radius 3 is 2.43 bits per heavy atom. The Morgan fingerprint density at radius 2 is 1.90 bits per heavy atom. The largest absolute Gasteiger partial charge is 0.416 e. The number of carbonyl (C=O) groups is 1. The van der Waals surface area contributed by atoms with E-state index < -0.39 is 17.8 Å². The normalized spacial score (nSPS) is 16.9. The number of halogens is 4. The van der Waals surface area contributed by atoms with Crippen LogP contribution < -0.4 is 11.1 Å². The summed E-state index contributed by atoms with van der Waals surface area (Å²) in [6.45, 7) is 1.01. The van der Waals surface area contributed by atoms with Crippen LogP contribution in [0.4, 0.5) is 23.7 Å². The van der Waals surface area contributed by atoms with Crippen molar-refractivity contribution in [3.8, 4) is 0 Å². The van der Waals surface area contributed by atoms with E-state index in [2.05, 4.69) is 21.2 Å². The molecule has 1 saturated heterocycles. The minimum Gasteiger partial charge on any atom is -0.382 e. The number of hydrogen-bond acceptors (Lipinski definition) is 2. The molecule has 2 rings (SSSR count). The van der Waals surface area contributed by atoms with Crippen molar-refractivity contribution in [3.05, 3.63) is 28.2 Å². The van der Waals surface area contributed by atoms with Gasteiger partial charge in [-0.1, -0.05) is 15.9 Å². The summed E-state index contributed by atoms with van der Waals surface area (Å²) in [5, 5.41) is 3.08. The highest BCUT2D eigenvalue weighted by Gasteiger charge is 2.31. The first-order chi connectivity index (χ1) is 9.75. The van der Waals surface area contributed by atoms with Gasteiger partial charge in [-0.3, -0.25) is 0 Å². The number of benzene rings is 1. The first-order valence-corrected chi connectivity index (χ1v) is 7.24. The highest BCUT2D eigenvalue weighted by molar-refractivity contribution is 9.10. The lowest BCUT2D eigenvalue weighted by Gasteiger charge is -2.31. The lowest BCUT2D eigenvalue weighted by atomic mass is 10.0. The standard InChI is InChI=1S/C13H15BrF3N3O/c14-9-5-8(13(15,16)17)6-11(7-9)19-10-1-3-20(4-2-10)12(18)21/h5-7,10,19H,1-4H2,(H2,18,21). The molecule has 8 heteroatoms. The van der Waals surface area contributed by atoms with Crippen LogP contribution in [0.15, 0.2) is 22.7 Å². The lowest BCUT2D eigenvalue weighted by molar-refractivity contribution is -0.137. The number of alkyl halides is 3. The van der Waals surface area contributed by atoms with E-state index in [0.29, 0.717) is 36.1 Å². The minimum absolute atomic E-state index is 0.0241. The topological polar surface area (TPSA) is 58.4 Å². The molecule has 0 bridgehead atoms. The van der Waals surface area contributed by atoms with Crippen molar-refractivity contribution in [1.82, 2.24) is 4.90 Å². The molecule has 4 nitrogen and oxygen atoms in total. The minimum atomic E-state index is -4.38. The van der Waals surface area contributed by atoms with Gasteiger partial charge in [0.05, 0.1) is 5.56 Å². The molecule has 1 aliphatic heterocycles. The van der Waals surface area contributed by atoms with Gasteiger partial charge in [0.15, 0.2) is 0 Å². The van der Waals surface area contributed by atoms with Crippen LogP contribution in [0.1, 0.15) is 18.4 Å². The van der Waals surface area contributed by atoms with Crippen LogP contribution in [0.25, 0.3) is 0 Å². The summed E-state index contributed by atoms with van der Waals surface area (Å²) in [4.78, 5) is 12.5. The number of primary amides is 1. The fourth-order valence-corrected chi connectivity index (χ4v) is 2.81. The Kier molecular flexibility index (Phi) is 4.65. The van der Waals surface area contributed by atoms with Gasteiger partial charge in [0.25, 0.3) is 0 Å². The van der Waals surface area contributed by atoms with Gasteiger partial charge in [-0.05, 0) is 31.0 Å². The first-order valence-electron chi connectivity index (χ1n) is 6.44. The van der Waals surface area contributed by atoms with Crippen molar-refractivity contribution in [2.24, 2.45) is 5.73 Å². The molecule has 0 atom stereocenters. The van der Waals surface area contributed by atoms with Gasteiger partial charge in [-0.2, -0.15) is 13.2 Å². The van der Waals surface area contributed by atoms with Gasteiger partial charge in [0.1, 0.15) is 0 Å². The zero-order valence-electron chi connectivity index (χ0n) is 11.1. The lowest BCUT2D eigenvalue weighted by Crippen LogP contribution is -2.44. The van der Waals surface area contributed by atoms with E-state index in [9.17, 15) is 18.0 Å². The van der Waals surface area contributed by atoms with Gasteiger partial charge in [0, 0.05) is 29.3 Å². The van der Waals surface area contributed by atoms with E-state index in [1.54, 1.807) is 6.07 Å². The number of rotatable bonds is 2. The predicted octanol–water partition coefficient (Wildman–Crippen LogP) is 3.42. The molecule has 1 aromatic rings. The Labute approximate surface area is 128 Å². The second-order valence-electron chi connectivity index (χ2n) is 4.97. The molecule has 0 unspecified atom stereocenters. The zero-order valence-corrected chi connectivity index (χ0v) is 12.7. The Balaban J connectivity index is 2.04. The maximum absolute atomic E-state index is 12.8. The monoisotopic (exact) mass is 365 g/mol. The van der Waals surface area contributed by atoms with Crippen LogP contribution in [0.2, 0.25) is 0 Å². The third-order valence-electron chi connectivity index (χ3n) is 3.40. The van der Waals surface area contributed by atoms with E-state index in [1.165, 1.54) is 4.90 Å². The van der Waals surface area contributed by atoms with E-state index in [4.69, 9.17) is 5.73 Å². The number of hydrogen-bond donors (Lipinski definition) is 2. The van der Waals surface area contributed by atoms with Crippen LogP contribution in [0.3, 0.4) is 0 Å². The molecule has 0 aliphatic carbocycles. The molecule has 0 radical (unpaired) electrons. The molecule has 116 valence electrons. The third kappa shape index (κ3) is 4.26. The molecule has 21 heavy (non-hydrogen) atoms. The smallest absolute Gasteiger partial charge is 0.382 e. The quantitative estimate of drug-likeness (QED) is 0.843. The highest BCUT2D eigenvalue weighted by Crippen LogP contribution is 2.33. The van der Waals surface area contributed by atoms with Gasteiger partial charge in [0.2, 0.25) is 0 Å². The number of nitrogens with two attached hydrogens (primary N) is 1. The zero-order chi connectivity index (χ0) is 15.6. The number of nitrogens with one attached hydrogen (secondary N) is 1. The number of likely N-dealkylation sites (tertiary alicyclic amines) is 1. The van der Waals surface area contributed by atoms with Gasteiger partial charge in [-0.15, -0.1) is 0 Å². The average molecular weight is 366 g/mol. The van der Waals surface area contributed by atoms with Crippen molar-refractivity contribution in [1.29, 1.82) is 0 Å². The van der Waals surface area contributed by atoms with Crippen molar-refractivity contribution in [3.63, 3.8) is 0 Å². The molecule has 0 aromatic heterocycles. The van der Waals surface area contributed by atoms with Crippen LogP contribution in [0, 0.1) is 0 Å². The van der Waals surface area contributed by atoms with Gasteiger partial charge >= 0.3 is 12.2 Å². The Hall–Kier alpha value is -1.44. The summed E-state index contributed by atoms with van der Waals surface area (Å²) in [6.07, 6.45) is -3.08. The fourth-order valence-electron chi connectivity index (χ4n) is 2.32. The van der Waals surface area contributed by atoms with E-state index >= 15 is 0 Å². The van der Waals surface area contributed by atoms with Gasteiger partial charge < -0.3 is 16.0 Å². The summed E-state index contributed by atoms with van der Waals surface area (Å²) in [6, 6.07) is 3.30. The summed E-state index contributed by atoms with van der Waals surface area (Å²) in [5.41, 5.74) is 4.90. The molecule has 0 saturated carbocycles. The molecular formula is C13H15BrF3N3O. The third-order valence-corrected chi connectivity index (χ3v) is 3.86. The molecule has 1 aliphatic rings. The second kappa shape index (κ2) is 6.13. The maximum Gasteiger partial charge on any atom is 0.416 e. The maximum atomic E-state index is 12.8.